The van der Waals surface area contributed by atoms with E-state index in [0.29, 0.717) is 40.7 Å². The number of thioether (sulfide) groups is 1. The summed E-state index contributed by atoms with van der Waals surface area (Å²) in [5.74, 6) is -0.467. The molecule has 0 aliphatic carbocycles. The van der Waals surface area contributed by atoms with E-state index in [9.17, 15) is 14.0 Å². The minimum absolute atomic E-state index is 0.0759. The van der Waals surface area contributed by atoms with Crippen LogP contribution < -0.4 is 10.9 Å². The maximum Gasteiger partial charge on any atom is 0.262 e. The third kappa shape index (κ3) is 7.03. The molecule has 0 radical (unpaired) electrons. The minimum Gasteiger partial charge on any atom is -0.379 e. The SMILES string of the molecule is CC(C)OCCCn1c(SCC(=O)NC(C)c2ccc(F)cc2)nc2cc(Cl)ccc2c1=O. The predicted octanol–water partition coefficient (Wildman–Crippen LogP) is 4.97. The number of rotatable bonds is 10. The third-order valence-electron chi connectivity index (χ3n) is 4.94. The van der Waals surface area contributed by atoms with Crippen LogP contribution in [-0.2, 0) is 16.1 Å². The Morgan fingerprint density at radius 2 is 1.94 bits per heavy atom. The van der Waals surface area contributed by atoms with Crippen molar-refractivity contribution in [2.24, 2.45) is 0 Å². The van der Waals surface area contributed by atoms with Crippen LogP contribution in [-0.4, -0.2) is 33.9 Å². The number of hydrogen-bond donors (Lipinski definition) is 1. The van der Waals surface area contributed by atoms with Gasteiger partial charge in [0.2, 0.25) is 5.91 Å². The highest BCUT2D eigenvalue weighted by Gasteiger charge is 2.15. The van der Waals surface area contributed by atoms with Gasteiger partial charge in [-0.25, -0.2) is 9.37 Å². The van der Waals surface area contributed by atoms with Gasteiger partial charge in [-0.05, 0) is 63.1 Å². The molecule has 2 aromatic carbocycles. The highest BCUT2D eigenvalue weighted by molar-refractivity contribution is 7.99. The largest absolute Gasteiger partial charge is 0.379 e. The van der Waals surface area contributed by atoms with Crippen LogP contribution in [0.1, 0.15) is 38.8 Å². The first-order valence-corrected chi connectivity index (χ1v) is 12.1. The quantitative estimate of drug-likeness (QED) is 0.246. The fourth-order valence-electron chi connectivity index (χ4n) is 3.27. The number of hydrogen-bond acceptors (Lipinski definition) is 5. The molecule has 0 saturated heterocycles. The normalized spacial score (nSPS) is 12.3. The van der Waals surface area contributed by atoms with E-state index in [1.165, 1.54) is 23.9 Å². The van der Waals surface area contributed by atoms with Crippen molar-refractivity contribution in [1.29, 1.82) is 0 Å². The van der Waals surface area contributed by atoms with Gasteiger partial charge < -0.3 is 10.1 Å². The number of ether oxygens (including phenoxy) is 1. The van der Waals surface area contributed by atoms with E-state index in [2.05, 4.69) is 10.3 Å². The van der Waals surface area contributed by atoms with Gasteiger partial charge in [0, 0.05) is 18.2 Å². The summed E-state index contributed by atoms with van der Waals surface area (Å²) in [5.41, 5.74) is 1.11. The fraction of sp³-hybridized carbons (Fsp3) is 0.375. The topological polar surface area (TPSA) is 73.2 Å². The summed E-state index contributed by atoms with van der Waals surface area (Å²) in [5, 5.41) is 4.30. The molecule has 3 aromatic rings. The molecule has 0 fully saturated rings. The van der Waals surface area contributed by atoms with Gasteiger partial charge in [-0.1, -0.05) is 35.5 Å². The van der Waals surface area contributed by atoms with Gasteiger partial charge in [0.15, 0.2) is 5.16 Å². The molecule has 0 aliphatic rings. The molecular formula is C24H27ClFN3O3S. The number of benzene rings is 2. The first kappa shape index (κ1) is 25.2. The number of fused-ring (bicyclic) bond motifs is 1. The molecule has 1 aromatic heterocycles. The predicted molar refractivity (Wildman–Crippen MR) is 130 cm³/mol. The van der Waals surface area contributed by atoms with E-state index in [-0.39, 0.29) is 35.2 Å². The minimum atomic E-state index is -0.327. The Balaban J connectivity index is 1.75. The molecular weight excluding hydrogens is 465 g/mol. The van der Waals surface area contributed by atoms with Crippen molar-refractivity contribution >= 4 is 40.2 Å². The summed E-state index contributed by atoms with van der Waals surface area (Å²) in [6.45, 7) is 6.69. The maximum absolute atomic E-state index is 13.1. The average Bonchev–Trinajstić information content (AvgIpc) is 2.76. The smallest absolute Gasteiger partial charge is 0.262 e. The second-order valence-electron chi connectivity index (χ2n) is 7.92. The Hall–Kier alpha value is -2.42. The number of nitrogens with one attached hydrogen (secondary N) is 1. The Bertz CT molecular complexity index is 1170. The zero-order valence-electron chi connectivity index (χ0n) is 18.8. The second kappa shape index (κ2) is 11.6. The lowest BCUT2D eigenvalue weighted by Crippen LogP contribution is -2.29. The average molecular weight is 492 g/mol. The van der Waals surface area contributed by atoms with Gasteiger partial charge in [-0.2, -0.15) is 0 Å². The van der Waals surface area contributed by atoms with Crippen LogP contribution in [0.4, 0.5) is 4.39 Å². The molecule has 1 heterocycles. The van der Waals surface area contributed by atoms with Crippen LogP contribution >= 0.6 is 23.4 Å². The van der Waals surface area contributed by atoms with Crippen LogP contribution in [0.5, 0.6) is 0 Å². The van der Waals surface area contributed by atoms with Crippen molar-refractivity contribution in [2.75, 3.05) is 12.4 Å². The first-order chi connectivity index (χ1) is 15.7. The molecule has 9 heteroatoms. The van der Waals surface area contributed by atoms with Gasteiger partial charge in [-0.15, -0.1) is 0 Å². The zero-order valence-corrected chi connectivity index (χ0v) is 20.4. The van der Waals surface area contributed by atoms with Crippen LogP contribution in [0.2, 0.25) is 5.02 Å². The molecule has 0 bridgehead atoms. The number of halogens is 2. The third-order valence-corrected chi connectivity index (χ3v) is 6.15. The molecule has 6 nitrogen and oxygen atoms in total. The van der Waals surface area contributed by atoms with Crippen LogP contribution in [0, 0.1) is 5.82 Å². The van der Waals surface area contributed by atoms with Crippen molar-refractivity contribution < 1.29 is 13.9 Å². The monoisotopic (exact) mass is 491 g/mol. The second-order valence-corrected chi connectivity index (χ2v) is 9.29. The maximum atomic E-state index is 13.1. The summed E-state index contributed by atoms with van der Waals surface area (Å²) in [7, 11) is 0. The molecule has 1 N–H and O–H groups in total. The Morgan fingerprint density at radius 3 is 2.64 bits per heavy atom. The van der Waals surface area contributed by atoms with E-state index >= 15 is 0 Å². The van der Waals surface area contributed by atoms with Crippen molar-refractivity contribution in [3.8, 4) is 0 Å². The van der Waals surface area contributed by atoms with Crippen molar-refractivity contribution in [1.82, 2.24) is 14.9 Å². The molecule has 176 valence electrons. The van der Waals surface area contributed by atoms with Gasteiger partial charge in [-0.3, -0.25) is 14.2 Å². The van der Waals surface area contributed by atoms with Crippen LogP contribution in [0.3, 0.4) is 0 Å². The highest BCUT2D eigenvalue weighted by Crippen LogP contribution is 2.21. The van der Waals surface area contributed by atoms with Gasteiger partial charge in [0.25, 0.3) is 5.56 Å². The van der Waals surface area contributed by atoms with Gasteiger partial charge in [0.1, 0.15) is 5.82 Å². The molecule has 33 heavy (non-hydrogen) atoms. The van der Waals surface area contributed by atoms with E-state index < -0.39 is 0 Å². The Labute approximate surface area is 201 Å². The molecule has 3 rings (SSSR count). The van der Waals surface area contributed by atoms with Crippen LogP contribution in [0.15, 0.2) is 52.4 Å². The lowest BCUT2D eigenvalue weighted by molar-refractivity contribution is -0.119. The number of nitrogens with zero attached hydrogens (tertiary/aromatic N) is 2. The molecule has 0 saturated carbocycles. The number of carbonyl (C=O) groups excluding carboxylic acids is 1. The summed E-state index contributed by atoms with van der Waals surface area (Å²) in [6, 6.07) is 10.7. The number of amides is 1. The summed E-state index contributed by atoms with van der Waals surface area (Å²) in [6.07, 6.45) is 0.750. The van der Waals surface area contributed by atoms with Crippen molar-refractivity contribution in [3.05, 3.63) is 69.2 Å². The van der Waals surface area contributed by atoms with E-state index in [4.69, 9.17) is 16.3 Å². The Morgan fingerprint density at radius 1 is 1.21 bits per heavy atom. The Kier molecular flexibility index (Phi) is 8.88. The lowest BCUT2D eigenvalue weighted by Gasteiger charge is -2.16. The molecule has 1 atom stereocenters. The van der Waals surface area contributed by atoms with Crippen molar-refractivity contribution in [3.63, 3.8) is 0 Å². The van der Waals surface area contributed by atoms with Crippen LogP contribution in [0.25, 0.3) is 10.9 Å². The molecule has 1 amide bonds. The standard InChI is InChI=1S/C24H27ClFN3O3S/c1-15(2)32-12-4-11-29-23(31)20-10-7-18(25)13-21(20)28-24(29)33-14-22(30)27-16(3)17-5-8-19(26)9-6-17/h5-10,13,15-16H,4,11-12,14H2,1-3H3,(H,27,30). The summed E-state index contributed by atoms with van der Waals surface area (Å²) < 4.78 is 20.3. The lowest BCUT2D eigenvalue weighted by atomic mass is 10.1. The first-order valence-electron chi connectivity index (χ1n) is 10.7. The highest BCUT2D eigenvalue weighted by atomic mass is 35.5. The van der Waals surface area contributed by atoms with E-state index in [1.807, 2.05) is 20.8 Å². The molecule has 0 spiro atoms. The van der Waals surface area contributed by atoms with E-state index in [0.717, 1.165) is 5.56 Å². The number of carbonyl (C=O) groups is 1. The van der Waals surface area contributed by atoms with E-state index in [1.54, 1.807) is 34.9 Å². The van der Waals surface area contributed by atoms with Crippen molar-refractivity contribution in [2.45, 2.75) is 51.0 Å². The fourth-order valence-corrected chi connectivity index (χ4v) is 4.27. The molecule has 1 unspecified atom stereocenters. The van der Waals surface area contributed by atoms with Gasteiger partial charge in [0.05, 0.1) is 28.8 Å². The zero-order chi connectivity index (χ0) is 24.0. The number of aromatic nitrogens is 2. The molecule has 0 aliphatic heterocycles. The van der Waals surface area contributed by atoms with Gasteiger partial charge >= 0.3 is 0 Å². The summed E-state index contributed by atoms with van der Waals surface area (Å²) >= 11 is 7.28. The summed E-state index contributed by atoms with van der Waals surface area (Å²) in [4.78, 5) is 30.3.